The van der Waals surface area contributed by atoms with Gasteiger partial charge in [-0.1, -0.05) is 0 Å². The first-order valence-electron chi connectivity index (χ1n) is 6.68. The number of hydrogen-bond donors (Lipinski definition) is 1. The summed E-state index contributed by atoms with van der Waals surface area (Å²) < 4.78 is 0. The van der Waals surface area contributed by atoms with E-state index in [9.17, 15) is 14.9 Å². The fourth-order valence-electron chi connectivity index (χ4n) is 2.57. The lowest BCUT2D eigenvalue weighted by Crippen LogP contribution is -2.35. The number of anilines is 1. The molecule has 0 spiro atoms. The zero-order chi connectivity index (χ0) is 14.7. The van der Waals surface area contributed by atoms with Gasteiger partial charge in [-0.15, -0.1) is 11.3 Å². The number of nitrogens with zero attached hydrogens (tertiary/aromatic N) is 2. The second-order valence-corrected chi connectivity index (χ2v) is 6.11. The molecule has 1 aliphatic rings. The van der Waals surface area contributed by atoms with E-state index in [1.54, 1.807) is 0 Å². The van der Waals surface area contributed by atoms with E-state index >= 15 is 0 Å². The highest BCUT2D eigenvalue weighted by Gasteiger charge is 2.28. The number of thiophene rings is 1. The number of ketones is 1. The molecule has 0 amide bonds. The van der Waals surface area contributed by atoms with Crippen molar-refractivity contribution in [3.05, 3.63) is 21.1 Å². The van der Waals surface area contributed by atoms with Crippen LogP contribution in [-0.2, 0) is 0 Å². The maximum atomic E-state index is 11.4. The van der Waals surface area contributed by atoms with Gasteiger partial charge in [-0.25, -0.2) is 0 Å². The summed E-state index contributed by atoms with van der Waals surface area (Å²) in [5, 5.41) is 20.7. The average Bonchev–Trinajstić information content (AvgIpc) is 2.85. The molecular weight excluding hydrogens is 280 g/mol. The van der Waals surface area contributed by atoms with Crippen molar-refractivity contribution in [3.8, 4) is 0 Å². The van der Waals surface area contributed by atoms with E-state index in [0.717, 1.165) is 25.8 Å². The van der Waals surface area contributed by atoms with Crippen LogP contribution in [0.5, 0.6) is 0 Å². The van der Waals surface area contributed by atoms with Crippen molar-refractivity contribution in [2.75, 3.05) is 24.6 Å². The quantitative estimate of drug-likeness (QED) is 0.513. The molecule has 7 heteroatoms. The Hall–Kier alpha value is -1.47. The summed E-state index contributed by atoms with van der Waals surface area (Å²) in [7, 11) is 0. The number of piperidine rings is 1. The average molecular weight is 298 g/mol. The van der Waals surface area contributed by atoms with Crippen LogP contribution in [0, 0.1) is 16.0 Å². The van der Waals surface area contributed by atoms with Crippen LogP contribution in [0.4, 0.5) is 10.7 Å². The molecule has 1 atom stereocenters. The first kappa shape index (κ1) is 14.9. The zero-order valence-corrected chi connectivity index (χ0v) is 12.2. The first-order valence-corrected chi connectivity index (χ1v) is 7.49. The highest BCUT2D eigenvalue weighted by atomic mass is 32.1. The van der Waals surface area contributed by atoms with E-state index in [0.29, 0.717) is 22.3 Å². The molecule has 20 heavy (non-hydrogen) atoms. The van der Waals surface area contributed by atoms with Gasteiger partial charge in [0.2, 0.25) is 0 Å². The third-order valence-corrected chi connectivity index (χ3v) is 4.87. The standard InChI is InChI=1S/C13H18N2O4S/c1-9(17)12-7-11(15(18)19)13(20-12)14-5-2-3-10(8-14)4-6-16/h7,10,16H,2-6,8H2,1H3. The molecule has 0 saturated carbocycles. The lowest BCUT2D eigenvalue weighted by molar-refractivity contribution is -0.383. The Balaban J connectivity index is 2.26. The van der Waals surface area contributed by atoms with Crippen LogP contribution in [0.25, 0.3) is 0 Å². The molecule has 0 aromatic carbocycles. The van der Waals surface area contributed by atoms with Gasteiger partial charge in [0.05, 0.1) is 9.80 Å². The Kier molecular flexibility index (Phi) is 4.72. The number of hydrogen-bond acceptors (Lipinski definition) is 6. The van der Waals surface area contributed by atoms with E-state index in [1.807, 2.05) is 4.90 Å². The third kappa shape index (κ3) is 3.16. The second-order valence-electron chi connectivity index (χ2n) is 5.08. The fourth-order valence-corrected chi connectivity index (χ4v) is 3.63. The van der Waals surface area contributed by atoms with Gasteiger partial charge < -0.3 is 10.0 Å². The molecule has 1 saturated heterocycles. The fraction of sp³-hybridized carbons (Fsp3) is 0.615. The minimum atomic E-state index is -0.423. The van der Waals surface area contributed by atoms with E-state index in [4.69, 9.17) is 5.11 Å². The number of Topliss-reactive ketones (excluding diaryl/α,β-unsaturated/α-hetero) is 1. The molecular formula is C13H18N2O4S. The summed E-state index contributed by atoms with van der Waals surface area (Å²) in [4.78, 5) is 24.6. The molecule has 0 aliphatic carbocycles. The second kappa shape index (κ2) is 6.32. The number of aliphatic hydroxyl groups is 1. The van der Waals surface area contributed by atoms with E-state index < -0.39 is 4.92 Å². The molecule has 1 N–H and O–H groups in total. The van der Waals surface area contributed by atoms with E-state index in [1.165, 1.54) is 24.3 Å². The highest BCUT2D eigenvalue weighted by molar-refractivity contribution is 7.18. The Bertz CT molecular complexity index is 512. The molecule has 1 aromatic heterocycles. The van der Waals surface area contributed by atoms with Crippen molar-refractivity contribution >= 4 is 27.8 Å². The maximum absolute atomic E-state index is 11.4. The largest absolute Gasteiger partial charge is 0.396 e. The zero-order valence-electron chi connectivity index (χ0n) is 11.4. The molecule has 2 rings (SSSR count). The lowest BCUT2D eigenvalue weighted by atomic mass is 9.95. The van der Waals surface area contributed by atoms with Crippen LogP contribution < -0.4 is 4.90 Å². The Morgan fingerprint density at radius 1 is 1.65 bits per heavy atom. The number of rotatable bonds is 5. The van der Waals surface area contributed by atoms with Crippen molar-refractivity contribution in [1.82, 2.24) is 0 Å². The monoisotopic (exact) mass is 298 g/mol. The first-order chi connectivity index (χ1) is 9.52. The van der Waals surface area contributed by atoms with Crippen molar-refractivity contribution in [1.29, 1.82) is 0 Å². The normalized spacial score (nSPS) is 19.1. The van der Waals surface area contributed by atoms with Crippen LogP contribution in [0.2, 0.25) is 0 Å². The van der Waals surface area contributed by atoms with Gasteiger partial charge in [0.25, 0.3) is 0 Å². The summed E-state index contributed by atoms with van der Waals surface area (Å²) >= 11 is 1.19. The van der Waals surface area contributed by atoms with Gasteiger partial charge in [0.1, 0.15) is 0 Å². The van der Waals surface area contributed by atoms with Crippen LogP contribution >= 0.6 is 11.3 Å². The summed E-state index contributed by atoms with van der Waals surface area (Å²) in [6.45, 7) is 3.04. The van der Waals surface area contributed by atoms with Gasteiger partial charge in [-0.2, -0.15) is 0 Å². The molecule has 1 aliphatic heterocycles. The number of carbonyl (C=O) groups excluding carboxylic acids is 1. The van der Waals surface area contributed by atoms with Gasteiger partial charge in [0.15, 0.2) is 10.8 Å². The van der Waals surface area contributed by atoms with Crippen molar-refractivity contribution in [2.24, 2.45) is 5.92 Å². The molecule has 1 fully saturated rings. The Morgan fingerprint density at radius 3 is 3.00 bits per heavy atom. The van der Waals surface area contributed by atoms with Gasteiger partial charge in [0, 0.05) is 25.8 Å². The maximum Gasteiger partial charge on any atom is 0.304 e. The van der Waals surface area contributed by atoms with Crippen molar-refractivity contribution < 1.29 is 14.8 Å². The van der Waals surface area contributed by atoms with Crippen LogP contribution in [0.15, 0.2) is 6.07 Å². The summed E-state index contributed by atoms with van der Waals surface area (Å²) in [5.41, 5.74) is 0.0184. The predicted molar refractivity (Wildman–Crippen MR) is 77.6 cm³/mol. The Labute approximate surface area is 121 Å². The smallest absolute Gasteiger partial charge is 0.304 e. The van der Waals surface area contributed by atoms with E-state index in [2.05, 4.69) is 0 Å². The third-order valence-electron chi connectivity index (χ3n) is 3.58. The number of nitro groups is 1. The molecule has 1 unspecified atom stereocenters. The summed E-state index contributed by atoms with van der Waals surface area (Å²) in [6, 6.07) is 1.37. The Morgan fingerprint density at radius 2 is 2.40 bits per heavy atom. The number of aliphatic hydroxyl groups excluding tert-OH is 1. The van der Waals surface area contributed by atoms with Crippen LogP contribution in [-0.4, -0.2) is 35.5 Å². The molecule has 0 bridgehead atoms. The summed E-state index contributed by atoms with van der Waals surface area (Å²) in [5.74, 6) is 0.212. The van der Waals surface area contributed by atoms with Crippen molar-refractivity contribution in [3.63, 3.8) is 0 Å². The minimum absolute atomic E-state index is 0.0184. The van der Waals surface area contributed by atoms with E-state index in [-0.39, 0.29) is 18.1 Å². The van der Waals surface area contributed by atoms with Crippen molar-refractivity contribution in [2.45, 2.75) is 26.2 Å². The number of carbonyl (C=O) groups is 1. The molecule has 6 nitrogen and oxygen atoms in total. The molecule has 0 radical (unpaired) electrons. The molecule has 2 heterocycles. The highest BCUT2D eigenvalue weighted by Crippen LogP contribution is 2.39. The van der Waals surface area contributed by atoms with Crippen LogP contribution in [0.1, 0.15) is 35.9 Å². The van der Waals surface area contributed by atoms with Crippen LogP contribution in [0.3, 0.4) is 0 Å². The van der Waals surface area contributed by atoms with Gasteiger partial charge in [-0.3, -0.25) is 14.9 Å². The predicted octanol–water partition coefficient (Wildman–Crippen LogP) is 2.46. The topological polar surface area (TPSA) is 83.7 Å². The van der Waals surface area contributed by atoms with Gasteiger partial charge >= 0.3 is 5.69 Å². The summed E-state index contributed by atoms with van der Waals surface area (Å²) in [6.07, 6.45) is 2.71. The molecule has 1 aromatic rings. The molecule has 110 valence electrons. The lowest BCUT2D eigenvalue weighted by Gasteiger charge is -2.32. The SMILES string of the molecule is CC(=O)c1cc([N+](=O)[O-])c(N2CCCC(CCO)C2)s1. The minimum Gasteiger partial charge on any atom is -0.396 e. The van der Waals surface area contributed by atoms with Gasteiger partial charge in [-0.05, 0) is 32.1 Å².